The van der Waals surface area contributed by atoms with Crippen molar-refractivity contribution >= 4 is 29.6 Å². The monoisotopic (exact) mass is 433 g/mol. The molecule has 0 spiro atoms. The van der Waals surface area contributed by atoms with Crippen LogP contribution in [-0.4, -0.2) is 36.6 Å². The highest BCUT2D eigenvalue weighted by Crippen LogP contribution is 2.19. The lowest BCUT2D eigenvalue weighted by Crippen LogP contribution is -2.44. The van der Waals surface area contributed by atoms with Gasteiger partial charge in [-0.1, -0.05) is 12.1 Å². The Labute approximate surface area is 182 Å². The smallest absolute Gasteiger partial charge is 0.426 e. The van der Waals surface area contributed by atoms with E-state index in [0.29, 0.717) is 24.1 Å². The number of hydrazine groups is 1. The molecule has 31 heavy (non-hydrogen) atoms. The predicted octanol–water partition coefficient (Wildman–Crippen LogP) is 3.26. The molecule has 3 N–H and O–H groups in total. The molecule has 0 aromatic heterocycles. The summed E-state index contributed by atoms with van der Waals surface area (Å²) in [6, 6.07) is 4.83. The number of hydrogen-bond donors (Lipinski definition) is 3. The molecular weight excluding hydrogens is 402 g/mol. The standard InChI is InChI=1S/C22H31N3O6/c1-6-7-8-9-18(26)23-16-12-10-15(17(14-16)20(28)30-5)11-13-19(27)24-25-21(29)31-22(2,3)4/h6,10,12,14H,1,7-9,11,13H2,2-5H3,(H,23,26)(H,24,27)(H,25,29). The summed E-state index contributed by atoms with van der Waals surface area (Å²) in [6.45, 7) is 8.73. The highest BCUT2D eigenvalue weighted by Gasteiger charge is 2.18. The van der Waals surface area contributed by atoms with Crippen molar-refractivity contribution in [2.75, 3.05) is 12.4 Å². The van der Waals surface area contributed by atoms with E-state index < -0.39 is 23.6 Å². The topological polar surface area (TPSA) is 123 Å². The van der Waals surface area contributed by atoms with Crippen molar-refractivity contribution in [1.82, 2.24) is 10.9 Å². The number of benzene rings is 1. The van der Waals surface area contributed by atoms with E-state index in [-0.39, 0.29) is 24.3 Å². The first kappa shape index (κ1) is 25.7. The number of aryl methyl sites for hydroxylation is 1. The van der Waals surface area contributed by atoms with Gasteiger partial charge < -0.3 is 14.8 Å². The number of nitrogens with one attached hydrogen (secondary N) is 3. The first-order chi connectivity index (χ1) is 14.6. The van der Waals surface area contributed by atoms with Crippen LogP contribution in [0, 0.1) is 0 Å². The minimum absolute atomic E-state index is 0.00700. The van der Waals surface area contributed by atoms with Crippen LogP contribution in [0.2, 0.25) is 0 Å². The maximum atomic E-state index is 12.2. The van der Waals surface area contributed by atoms with E-state index in [1.807, 2.05) is 0 Å². The van der Waals surface area contributed by atoms with Crippen LogP contribution >= 0.6 is 0 Å². The number of methoxy groups -OCH3 is 1. The third kappa shape index (κ3) is 10.3. The summed E-state index contributed by atoms with van der Waals surface area (Å²) < 4.78 is 9.84. The molecule has 0 fully saturated rings. The molecule has 0 bridgehead atoms. The fraction of sp³-hybridized carbons (Fsp3) is 0.455. The molecule has 0 heterocycles. The van der Waals surface area contributed by atoms with Crippen LogP contribution < -0.4 is 16.2 Å². The Morgan fingerprint density at radius 3 is 2.39 bits per heavy atom. The van der Waals surface area contributed by atoms with Gasteiger partial charge in [-0.05, 0) is 57.7 Å². The molecule has 0 aliphatic heterocycles. The van der Waals surface area contributed by atoms with Crippen molar-refractivity contribution in [3.8, 4) is 0 Å². The molecule has 0 aliphatic rings. The zero-order valence-electron chi connectivity index (χ0n) is 18.5. The Hall–Kier alpha value is -3.36. The van der Waals surface area contributed by atoms with E-state index in [0.717, 1.165) is 6.42 Å². The van der Waals surface area contributed by atoms with Gasteiger partial charge >= 0.3 is 12.1 Å². The summed E-state index contributed by atoms with van der Waals surface area (Å²) in [5, 5.41) is 2.74. The summed E-state index contributed by atoms with van der Waals surface area (Å²) in [5.74, 6) is -1.20. The van der Waals surface area contributed by atoms with Gasteiger partial charge in [0.05, 0.1) is 12.7 Å². The Bertz CT molecular complexity index is 814. The van der Waals surface area contributed by atoms with Crippen LogP contribution in [0.1, 0.15) is 62.4 Å². The number of carbonyl (C=O) groups is 4. The Kier molecular flexibility index (Phi) is 10.2. The highest BCUT2D eigenvalue weighted by molar-refractivity contribution is 5.95. The van der Waals surface area contributed by atoms with Gasteiger partial charge in [0.25, 0.3) is 0 Å². The van der Waals surface area contributed by atoms with E-state index in [4.69, 9.17) is 9.47 Å². The summed E-state index contributed by atoms with van der Waals surface area (Å²) in [7, 11) is 1.25. The minimum atomic E-state index is -0.774. The quantitative estimate of drug-likeness (QED) is 0.238. The number of ether oxygens (including phenoxy) is 2. The maximum absolute atomic E-state index is 12.2. The lowest BCUT2D eigenvalue weighted by atomic mass is 10.0. The molecule has 0 atom stereocenters. The Balaban J connectivity index is 2.71. The molecule has 9 heteroatoms. The highest BCUT2D eigenvalue weighted by atomic mass is 16.6. The van der Waals surface area contributed by atoms with Crippen LogP contribution in [0.25, 0.3) is 0 Å². The fourth-order valence-electron chi connectivity index (χ4n) is 2.54. The number of allylic oxidation sites excluding steroid dienone is 1. The van der Waals surface area contributed by atoms with Crippen molar-refractivity contribution in [2.24, 2.45) is 0 Å². The number of amides is 3. The molecular formula is C22H31N3O6. The van der Waals surface area contributed by atoms with Crippen molar-refractivity contribution in [2.45, 2.75) is 58.5 Å². The predicted molar refractivity (Wildman–Crippen MR) is 116 cm³/mol. The van der Waals surface area contributed by atoms with Gasteiger partial charge in [0.2, 0.25) is 11.8 Å². The van der Waals surface area contributed by atoms with Gasteiger partial charge in [-0.25, -0.2) is 15.0 Å². The zero-order chi connectivity index (χ0) is 23.4. The SMILES string of the molecule is C=CCCCC(=O)Nc1ccc(CCC(=O)NNC(=O)OC(C)(C)C)c(C(=O)OC)c1. The van der Waals surface area contributed by atoms with E-state index in [1.54, 1.807) is 39.0 Å². The Morgan fingerprint density at radius 2 is 1.77 bits per heavy atom. The summed E-state index contributed by atoms with van der Waals surface area (Å²) >= 11 is 0. The van der Waals surface area contributed by atoms with Crippen LogP contribution in [0.4, 0.5) is 10.5 Å². The van der Waals surface area contributed by atoms with Gasteiger partial charge in [0, 0.05) is 18.5 Å². The Morgan fingerprint density at radius 1 is 1.06 bits per heavy atom. The number of esters is 1. The number of hydrogen-bond acceptors (Lipinski definition) is 6. The second-order valence-corrected chi connectivity index (χ2v) is 7.77. The lowest BCUT2D eigenvalue weighted by Gasteiger charge is -2.19. The van der Waals surface area contributed by atoms with Gasteiger partial charge in [-0.3, -0.25) is 15.0 Å². The fourth-order valence-corrected chi connectivity index (χ4v) is 2.54. The average Bonchev–Trinajstić information content (AvgIpc) is 2.69. The number of rotatable bonds is 9. The normalized spacial score (nSPS) is 10.6. The van der Waals surface area contributed by atoms with E-state index in [1.165, 1.54) is 13.2 Å². The number of anilines is 1. The van der Waals surface area contributed by atoms with Crippen molar-refractivity contribution < 1.29 is 28.7 Å². The number of unbranched alkanes of at least 4 members (excludes halogenated alkanes) is 1. The third-order valence-electron chi connectivity index (χ3n) is 3.94. The zero-order valence-corrected chi connectivity index (χ0v) is 18.5. The third-order valence-corrected chi connectivity index (χ3v) is 3.94. The largest absolute Gasteiger partial charge is 0.465 e. The summed E-state index contributed by atoms with van der Waals surface area (Å²) in [6.07, 6.45) is 2.97. The first-order valence-corrected chi connectivity index (χ1v) is 9.95. The summed E-state index contributed by atoms with van der Waals surface area (Å²) in [5.41, 5.74) is 5.02. The molecule has 9 nitrogen and oxygen atoms in total. The van der Waals surface area contributed by atoms with Gasteiger partial charge in [0.15, 0.2) is 0 Å². The first-order valence-electron chi connectivity index (χ1n) is 9.95. The molecule has 1 rings (SSSR count). The van der Waals surface area contributed by atoms with Crippen LogP contribution in [0.15, 0.2) is 30.9 Å². The molecule has 0 unspecified atom stereocenters. The van der Waals surface area contributed by atoms with Gasteiger partial charge in [0.1, 0.15) is 5.60 Å². The second kappa shape index (κ2) is 12.4. The van der Waals surface area contributed by atoms with Gasteiger partial charge in [-0.15, -0.1) is 6.58 Å². The summed E-state index contributed by atoms with van der Waals surface area (Å²) in [4.78, 5) is 47.7. The van der Waals surface area contributed by atoms with Crippen molar-refractivity contribution in [3.05, 3.63) is 42.0 Å². The lowest BCUT2D eigenvalue weighted by molar-refractivity contribution is -0.122. The van der Waals surface area contributed by atoms with E-state index in [2.05, 4.69) is 22.7 Å². The van der Waals surface area contributed by atoms with Crippen LogP contribution in [-0.2, 0) is 25.5 Å². The minimum Gasteiger partial charge on any atom is -0.465 e. The molecule has 0 radical (unpaired) electrons. The molecule has 170 valence electrons. The van der Waals surface area contributed by atoms with Crippen molar-refractivity contribution in [3.63, 3.8) is 0 Å². The average molecular weight is 434 g/mol. The molecule has 1 aromatic carbocycles. The van der Waals surface area contributed by atoms with E-state index in [9.17, 15) is 19.2 Å². The number of carbonyl (C=O) groups excluding carboxylic acids is 4. The maximum Gasteiger partial charge on any atom is 0.426 e. The molecule has 0 aliphatic carbocycles. The van der Waals surface area contributed by atoms with Crippen molar-refractivity contribution in [1.29, 1.82) is 0 Å². The van der Waals surface area contributed by atoms with Crippen LogP contribution in [0.5, 0.6) is 0 Å². The van der Waals surface area contributed by atoms with Crippen LogP contribution in [0.3, 0.4) is 0 Å². The molecule has 3 amide bonds. The molecule has 0 saturated heterocycles. The second-order valence-electron chi connectivity index (χ2n) is 7.77. The molecule has 0 saturated carbocycles. The van der Waals surface area contributed by atoms with Gasteiger partial charge in [-0.2, -0.15) is 0 Å². The molecule has 1 aromatic rings. The van der Waals surface area contributed by atoms with E-state index >= 15 is 0 Å².